The Labute approximate surface area is 83.3 Å². The fourth-order valence-corrected chi connectivity index (χ4v) is 0.877. The molecule has 0 aliphatic carbocycles. The second-order valence-electron chi connectivity index (χ2n) is 2.79. The fourth-order valence-electron chi connectivity index (χ4n) is 0.877. The lowest BCUT2D eigenvalue weighted by molar-refractivity contribution is -0.120. The molecule has 1 aromatic heterocycles. The van der Waals surface area contributed by atoms with E-state index in [0.29, 0.717) is 18.8 Å². The Balaban J connectivity index is 2.42. The van der Waals surface area contributed by atoms with Gasteiger partial charge in [-0.05, 0) is 5.92 Å². The smallest absolute Gasteiger partial charge is 0.220 e. The van der Waals surface area contributed by atoms with E-state index in [1.54, 1.807) is 6.20 Å². The Bertz CT molecular complexity index is 370. The zero-order chi connectivity index (χ0) is 10.4. The van der Waals surface area contributed by atoms with Crippen LogP contribution < -0.4 is 5.32 Å². The molecule has 0 aromatic carbocycles. The minimum atomic E-state index is 0.0131. The number of imidazole rings is 1. The summed E-state index contributed by atoms with van der Waals surface area (Å²) in [5.74, 6) is 6.41. The molecule has 0 aliphatic rings. The van der Waals surface area contributed by atoms with Crippen molar-refractivity contribution in [2.75, 3.05) is 6.54 Å². The Morgan fingerprint density at radius 2 is 2.50 bits per heavy atom. The van der Waals surface area contributed by atoms with Gasteiger partial charge >= 0.3 is 0 Å². The molecule has 1 aromatic rings. The summed E-state index contributed by atoms with van der Waals surface area (Å²) in [6, 6.07) is 0. The second-order valence-corrected chi connectivity index (χ2v) is 2.79. The molecule has 0 saturated carbocycles. The molecule has 0 saturated heterocycles. The molecule has 14 heavy (non-hydrogen) atoms. The van der Waals surface area contributed by atoms with Gasteiger partial charge in [0.05, 0.1) is 6.54 Å². The maximum Gasteiger partial charge on any atom is 0.220 e. The highest BCUT2D eigenvalue weighted by molar-refractivity contribution is 5.75. The van der Waals surface area contributed by atoms with Crippen LogP contribution in [0.5, 0.6) is 0 Å². The molecule has 1 N–H and O–H groups in total. The number of nitrogens with zero attached hydrogens (tertiary/aromatic N) is 2. The predicted molar refractivity (Wildman–Crippen MR) is 53.4 cm³/mol. The summed E-state index contributed by atoms with van der Waals surface area (Å²) in [7, 11) is 1.88. The Morgan fingerprint density at radius 3 is 3.07 bits per heavy atom. The van der Waals surface area contributed by atoms with Crippen LogP contribution in [-0.2, 0) is 11.8 Å². The molecule has 74 valence electrons. The summed E-state index contributed by atoms with van der Waals surface area (Å²) < 4.78 is 1.83. The van der Waals surface area contributed by atoms with E-state index < -0.39 is 0 Å². The molecule has 0 unspecified atom stereocenters. The highest BCUT2D eigenvalue weighted by atomic mass is 16.1. The van der Waals surface area contributed by atoms with Gasteiger partial charge in [-0.15, -0.1) is 0 Å². The lowest BCUT2D eigenvalue weighted by atomic mass is 10.4. The number of aromatic nitrogens is 2. The van der Waals surface area contributed by atoms with Crippen LogP contribution in [-0.4, -0.2) is 22.0 Å². The summed E-state index contributed by atoms with van der Waals surface area (Å²) in [5.41, 5.74) is 0. The van der Waals surface area contributed by atoms with Crippen LogP contribution in [0.4, 0.5) is 0 Å². The standard InChI is InChI=1S/C10H13N3O/c1-3-10(14)12-6-4-5-9-11-7-8-13(9)2/h7-8H,3,6H2,1-2H3,(H,12,14). The molecule has 4 nitrogen and oxygen atoms in total. The lowest BCUT2D eigenvalue weighted by Crippen LogP contribution is -2.22. The minimum Gasteiger partial charge on any atom is -0.345 e. The Morgan fingerprint density at radius 1 is 1.71 bits per heavy atom. The Hall–Kier alpha value is -1.76. The summed E-state index contributed by atoms with van der Waals surface area (Å²) in [5, 5.41) is 2.66. The third-order valence-electron chi connectivity index (χ3n) is 1.72. The third-order valence-corrected chi connectivity index (χ3v) is 1.72. The molecular formula is C10H13N3O. The van der Waals surface area contributed by atoms with Gasteiger partial charge in [0.1, 0.15) is 0 Å². The van der Waals surface area contributed by atoms with Crippen molar-refractivity contribution in [1.82, 2.24) is 14.9 Å². The van der Waals surface area contributed by atoms with Crippen LogP contribution in [0.3, 0.4) is 0 Å². The molecule has 0 spiro atoms. The summed E-state index contributed by atoms with van der Waals surface area (Å²) in [6.45, 7) is 2.18. The monoisotopic (exact) mass is 191 g/mol. The molecule has 0 aliphatic heterocycles. The van der Waals surface area contributed by atoms with Gasteiger partial charge in [-0.2, -0.15) is 0 Å². The topological polar surface area (TPSA) is 46.9 Å². The number of carbonyl (C=O) groups is 1. The predicted octanol–water partition coefficient (Wildman–Crippen LogP) is 0.298. The van der Waals surface area contributed by atoms with Crippen LogP contribution in [0.2, 0.25) is 0 Å². The molecule has 1 amide bonds. The number of rotatable bonds is 2. The van der Waals surface area contributed by atoms with Gasteiger partial charge in [0.15, 0.2) is 5.82 Å². The van der Waals surface area contributed by atoms with Crippen LogP contribution in [0.25, 0.3) is 0 Å². The number of nitrogens with one attached hydrogen (secondary N) is 1. The normalized spacial score (nSPS) is 9.00. The van der Waals surface area contributed by atoms with Crippen molar-refractivity contribution in [3.8, 4) is 11.8 Å². The van der Waals surface area contributed by atoms with E-state index in [0.717, 1.165) is 0 Å². The number of hydrogen-bond donors (Lipinski definition) is 1. The first-order valence-electron chi connectivity index (χ1n) is 4.47. The van der Waals surface area contributed by atoms with E-state index >= 15 is 0 Å². The molecule has 0 radical (unpaired) electrons. The number of hydrogen-bond acceptors (Lipinski definition) is 2. The second kappa shape index (κ2) is 5.07. The average Bonchev–Trinajstić information content (AvgIpc) is 2.58. The maximum atomic E-state index is 10.8. The lowest BCUT2D eigenvalue weighted by Gasteiger charge is -1.95. The highest BCUT2D eigenvalue weighted by Crippen LogP contribution is 1.89. The number of carbonyl (C=O) groups excluding carboxylic acids is 1. The van der Waals surface area contributed by atoms with Crippen molar-refractivity contribution in [3.63, 3.8) is 0 Å². The van der Waals surface area contributed by atoms with Gasteiger partial charge in [-0.1, -0.05) is 12.8 Å². The van der Waals surface area contributed by atoms with E-state index in [9.17, 15) is 4.79 Å². The first-order chi connectivity index (χ1) is 6.74. The fraction of sp³-hybridized carbons (Fsp3) is 0.400. The van der Waals surface area contributed by atoms with Gasteiger partial charge in [0.25, 0.3) is 0 Å². The number of amides is 1. The first kappa shape index (κ1) is 10.3. The van der Waals surface area contributed by atoms with Gasteiger partial charge in [0.2, 0.25) is 5.91 Å². The van der Waals surface area contributed by atoms with Crippen molar-refractivity contribution in [2.24, 2.45) is 7.05 Å². The maximum absolute atomic E-state index is 10.8. The first-order valence-corrected chi connectivity index (χ1v) is 4.47. The van der Waals surface area contributed by atoms with Crippen molar-refractivity contribution in [2.45, 2.75) is 13.3 Å². The zero-order valence-electron chi connectivity index (χ0n) is 8.37. The molecule has 4 heteroatoms. The van der Waals surface area contributed by atoms with E-state index in [4.69, 9.17) is 0 Å². The van der Waals surface area contributed by atoms with Crippen molar-refractivity contribution < 1.29 is 4.79 Å². The molecule has 0 atom stereocenters. The van der Waals surface area contributed by atoms with E-state index in [2.05, 4.69) is 22.1 Å². The van der Waals surface area contributed by atoms with Crippen molar-refractivity contribution >= 4 is 5.91 Å². The molecule has 1 rings (SSSR count). The van der Waals surface area contributed by atoms with E-state index in [1.807, 2.05) is 24.7 Å². The van der Waals surface area contributed by atoms with E-state index in [1.165, 1.54) is 0 Å². The zero-order valence-corrected chi connectivity index (χ0v) is 8.37. The van der Waals surface area contributed by atoms with Gasteiger partial charge in [-0.3, -0.25) is 4.79 Å². The molecule has 0 fully saturated rings. The molecule has 1 heterocycles. The Kier molecular flexibility index (Phi) is 3.74. The van der Waals surface area contributed by atoms with Crippen LogP contribution in [0, 0.1) is 11.8 Å². The molecule has 0 bridgehead atoms. The van der Waals surface area contributed by atoms with Gasteiger partial charge in [0, 0.05) is 25.9 Å². The van der Waals surface area contributed by atoms with E-state index in [-0.39, 0.29) is 5.91 Å². The quantitative estimate of drug-likeness (QED) is 0.683. The van der Waals surface area contributed by atoms with Gasteiger partial charge < -0.3 is 9.88 Å². The summed E-state index contributed by atoms with van der Waals surface area (Å²) in [6.07, 6.45) is 4.01. The summed E-state index contributed by atoms with van der Waals surface area (Å²) in [4.78, 5) is 14.9. The van der Waals surface area contributed by atoms with Crippen LogP contribution in [0.15, 0.2) is 12.4 Å². The van der Waals surface area contributed by atoms with Gasteiger partial charge in [-0.25, -0.2) is 4.98 Å². The van der Waals surface area contributed by atoms with Crippen LogP contribution in [0.1, 0.15) is 19.2 Å². The van der Waals surface area contributed by atoms with Crippen molar-refractivity contribution in [1.29, 1.82) is 0 Å². The summed E-state index contributed by atoms with van der Waals surface area (Å²) >= 11 is 0. The van der Waals surface area contributed by atoms with Crippen molar-refractivity contribution in [3.05, 3.63) is 18.2 Å². The molecular weight excluding hydrogens is 178 g/mol. The van der Waals surface area contributed by atoms with Crippen LogP contribution >= 0.6 is 0 Å². The largest absolute Gasteiger partial charge is 0.345 e. The SMILES string of the molecule is CCC(=O)NCC#Cc1nccn1C. The number of aryl methyl sites for hydroxylation is 1. The third kappa shape index (κ3) is 2.94. The average molecular weight is 191 g/mol. The minimum absolute atomic E-state index is 0.0131. The highest BCUT2D eigenvalue weighted by Gasteiger charge is 1.93.